The zero-order valence-electron chi connectivity index (χ0n) is 11.3. The minimum Gasteiger partial charge on any atom is -0.492 e. The number of halogens is 1. The topological polar surface area (TPSA) is 90.1 Å². The first kappa shape index (κ1) is 15.2. The molecular weight excluding hydrogens is 292 g/mol. The number of ether oxygens (including phenoxy) is 1. The first-order chi connectivity index (χ1) is 10.2. The molecule has 0 bridgehead atoms. The van der Waals surface area contributed by atoms with E-state index in [1.54, 1.807) is 24.3 Å². The van der Waals surface area contributed by atoms with Gasteiger partial charge in [0.1, 0.15) is 18.2 Å². The molecule has 0 aliphatic carbocycles. The molecule has 7 heteroatoms. The molecule has 0 aliphatic heterocycles. The maximum absolute atomic E-state index is 12.0. The van der Waals surface area contributed by atoms with Crippen LogP contribution >= 0.6 is 11.6 Å². The smallest absolute Gasteiger partial charge is 0.251 e. The molecule has 0 saturated carbocycles. The van der Waals surface area contributed by atoms with E-state index in [-0.39, 0.29) is 12.5 Å². The van der Waals surface area contributed by atoms with Gasteiger partial charge < -0.3 is 15.8 Å². The van der Waals surface area contributed by atoms with Crippen molar-refractivity contribution in [2.45, 2.75) is 6.54 Å². The number of amides is 1. The molecule has 6 nitrogen and oxygen atoms in total. The largest absolute Gasteiger partial charge is 0.492 e. The Hall–Kier alpha value is -2.18. The van der Waals surface area contributed by atoms with Crippen molar-refractivity contribution in [2.75, 3.05) is 13.2 Å². The van der Waals surface area contributed by atoms with Gasteiger partial charge in [-0.2, -0.15) is 0 Å². The van der Waals surface area contributed by atoms with Gasteiger partial charge in [-0.25, -0.2) is 9.97 Å². The number of hydrogen-bond acceptors (Lipinski definition) is 5. The van der Waals surface area contributed by atoms with Gasteiger partial charge in [-0.05, 0) is 18.2 Å². The van der Waals surface area contributed by atoms with Gasteiger partial charge in [0.25, 0.3) is 5.91 Å². The molecule has 1 aromatic heterocycles. The van der Waals surface area contributed by atoms with Gasteiger partial charge in [0.2, 0.25) is 0 Å². The number of benzene rings is 1. The highest BCUT2D eigenvalue weighted by Crippen LogP contribution is 2.13. The Labute approximate surface area is 127 Å². The molecule has 1 heterocycles. The summed E-state index contributed by atoms with van der Waals surface area (Å²) in [7, 11) is 0. The van der Waals surface area contributed by atoms with Crippen LogP contribution in [0.4, 0.5) is 0 Å². The fourth-order valence-electron chi connectivity index (χ4n) is 1.60. The molecule has 1 amide bonds. The Bertz CT molecular complexity index is 604. The second kappa shape index (κ2) is 7.56. The van der Waals surface area contributed by atoms with E-state index in [9.17, 15) is 4.79 Å². The quantitative estimate of drug-likeness (QED) is 0.842. The van der Waals surface area contributed by atoms with Crippen molar-refractivity contribution in [1.82, 2.24) is 15.3 Å². The lowest BCUT2D eigenvalue weighted by molar-refractivity contribution is 0.0949. The van der Waals surface area contributed by atoms with Crippen LogP contribution in [-0.4, -0.2) is 29.0 Å². The number of nitrogens with two attached hydrogens (primary N) is 1. The van der Waals surface area contributed by atoms with Crippen LogP contribution in [0.25, 0.3) is 0 Å². The fraction of sp³-hybridized carbons (Fsp3) is 0.214. The van der Waals surface area contributed by atoms with Gasteiger partial charge in [-0.15, -0.1) is 0 Å². The van der Waals surface area contributed by atoms with Crippen LogP contribution in [0.1, 0.15) is 16.2 Å². The molecule has 0 radical (unpaired) electrons. The lowest BCUT2D eigenvalue weighted by Crippen LogP contribution is -2.24. The first-order valence-electron chi connectivity index (χ1n) is 6.36. The lowest BCUT2D eigenvalue weighted by atomic mass is 10.2. The summed E-state index contributed by atoms with van der Waals surface area (Å²) in [4.78, 5) is 20.0. The Morgan fingerprint density at radius 3 is 2.81 bits per heavy atom. The molecule has 0 fully saturated rings. The third-order valence-electron chi connectivity index (χ3n) is 2.56. The van der Waals surface area contributed by atoms with Crippen molar-refractivity contribution < 1.29 is 9.53 Å². The van der Waals surface area contributed by atoms with Crippen LogP contribution in [0.3, 0.4) is 0 Å². The zero-order chi connectivity index (χ0) is 15.1. The second-order valence-corrected chi connectivity index (χ2v) is 4.60. The summed E-state index contributed by atoms with van der Waals surface area (Å²) in [5, 5.41) is 3.18. The van der Waals surface area contributed by atoms with E-state index in [0.717, 1.165) is 0 Å². The number of aromatic nitrogens is 2. The van der Waals surface area contributed by atoms with Crippen molar-refractivity contribution in [2.24, 2.45) is 5.73 Å². The first-order valence-corrected chi connectivity index (χ1v) is 6.74. The second-order valence-electron chi connectivity index (χ2n) is 4.17. The van der Waals surface area contributed by atoms with Gasteiger partial charge in [-0.1, -0.05) is 17.7 Å². The van der Waals surface area contributed by atoms with Gasteiger partial charge in [0.15, 0.2) is 0 Å². The molecule has 2 rings (SSSR count). The normalized spacial score (nSPS) is 10.2. The highest BCUT2D eigenvalue weighted by molar-refractivity contribution is 6.30. The van der Waals surface area contributed by atoms with Gasteiger partial charge >= 0.3 is 0 Å². The summed E-state index contributed by atoms with van der Waals surface area (Å²) >= 11 is 5.69. The van der Waals surface area contributed by atoms with Crippen molar-refractivity contribution in [3.05, 3.63) is 53.1 Å². The maximum Gasteiger partial charge on any atom is 0.251 e. The molecular formula is C14H15ClN4O2. The molecule has 21 heavy (non-hydrogen) atoms. The minimum absolute atomic E-state index is 0.226. The van der Waals surface area contributed by atoms with E-state index < -0.39 is 0 Å². The predicted molar refractivity (Wildman–Crippen MR) is 79.2 cm³/mol. The summed E-state index contributed by atoms with van der Waals surface area (Å²) < 4.78 is 5.38. The molecule has 110 valence electrons. The van der Waals surface area contributed by atoms with E-state index >= 15 is 0 Å². The highest BCUT2D eigenvalue weighted by Gasteiger charge is 2.07. The molecule has 0 atom stereocenters. The van der Waals surface area contributed by atoms with Crippen molar-refractivity contribution in [1.29, 1.82) is 0 Å². The minimum atomic E-state index is -0.230. The van der Waals surface area contributed by atoms with Gasteiger partial charge in [0.05, 0.1) is 11.6 Å². The number of rotatable bonds is 6. The third kappa shape index (κ3) is 4.70. The average Bonchev–Trinajstić information content (AvgIpc) is 2.52. The number of nitrogens with one attached hydrogen (secondary N) is 1. The van der Waals surface area contributed by atoms with E-state index in [1.165, 1.54) is 12.4 Å². The summed E-state index contributed by atoms with van der Waals surface area (Å²) in [5.41, 5.74) is 5.87. The van der Waals surface area contributed by atoms with E-state index in [0.29, 0.717) is 35.3 Å². The highest BCUT2D eigenvalue weighted by atomic mass is 35.5. The molecule has 0 spiro atoms. The maximum atomic E-state index is 12.0. The lowest BCUT2D eigenvalue weighted by Gasteiger charge is -2.07. The molecule has 3 N–H and O–H groups in total. The monoisotopic (exact) mass is 306 g/mol. The van der Waals surface area contributed by atoms with Gasteiger partial charge in [-0.3, -0.25) is 4.79 Å². The van der Waals surface area contributed by atoms with Crippen molar-refractivity contribution >= 4 is 17.5 Å². The molecule has 0 aliphatic rings. The van der Waals surface area contributed by atoms with Crippen LogP contribution in [0.15, 0.2) is 36.7 Å². The molecule has 2 aromatic rings. The number of hydrogen-bond donors (Lipinski definition) is 2. The number of carbonyl (C=O) groups is 1. The van der Waals surface area contributed by atoms with Crippen LogP contribution in [0.2, 0.25) is 5.02 Å². The standard InChI is InChI=1S/C14H15ClN4O2/c15-11-7-17-13(18-8-11)9-19-14(20)10-2-1-3-12(6-10)21-5-4-16/h1-3,6-8H,4-5,9,16H2,(H,19,20). The fourth-order valence-corrected chi connectivity index (χ4v) is 1.69. The summed E-state index contributed by atoms with van der Waals surface area (Å²) in [6, 6.07) is 6.88. The van der Waals surface area contributed by atoms with E-state index in [2.05, 4.69) is 15.3 Å². The Morgan fingerprint density at radius 1 is 1.33 bits per heavy atom. The summed E-state index contributed by atoms with van der Waals surface area (Å²) in [6.07, 6.45) is 2.97. The van der Waals surface area contributed by atoms with E-state index in [4.69, 9.17) is 22.1 Å². The predicted octanol–water partition coefficient (Wildman–Crippen LogP) is 1.40. The number of carbonyl (C=O) groups excluding carboxylic acids is 1. The Morgan fingerprint density at radius 2 is 2.10 bits per heavy atom. The van der Waals surface area contributed by atoms with Crippen LogP contribution < -0.4 is 15.8 Å². The SMILES string of the molecule is NCCOc1cccc(C(=O)NCc2ncc(Cl)cn2)c1. The van der Waals surface area contributed by atoms with E-state index in [1.807, 2.05) is 0 Å². The number of nitrogens with zero attached hydrogens (tertiary/aromatic N) is 2. The molecule has 0 unspecified atom stereocenters. The molecule has 1 aromatic carbocycles. The van der Waals surface area contributed by atoms with Crippen LogP contribution in [-0.2, 0) is 6.54 Å². The van der Waals surface area contributed by atoms with Gasteiger partial charge in [0, 0.05) is 24.5 Å². The molecule has 0 saturated heterocycles. The van der Waals surface area contributed by atoms with Crippen molar-refractivity contribution in [3.63, 3.8) is 0 Å². The third-order valence-corrected chi connectivity index (χ3v) is 2.76. The van der Waals surface area contributed by atoms with Crippen LogP contribution in [0, 0.1) is 0 Å². The average molecular weight is 307 g/mol. The summed E-state index contributed by atoms with van der Waals surface area (Å²) in [6.45, 7) is 1.05. The Kier molecular flexibility index (Phi) is 5.48. The summed E-state index contributed by atoms with van der Waals surface area (Å²) in [5.74, 6) is 0.867. The van der Waals surface area contributed by atoms with Crippen molar-refractivity contribution in [3.8, 4) is 5.75 Å². The van der Waals surface area contributed by atoms with Crippen LogP contribution in [0.5, 0.6) is 5.75 Å². The Balaban J connectivity index is 1.95. The zero-order valence-corrected chi connectivity index (χ0v) is 12.0.